The highest BCUT2D eigenvalue weighted by molar-refractivity contribution is 8.02. The van der Waals surface area contributed by atoms with Gasteiger partial charge in [0.2, 0.25) is 0 Å². The van der Waals surface area contributed by atoms with Crippen LogP contribution in [0.1, 0.15) is 11.6 Å². The average Bonchev–Trinajstić information content (AvgIpc) is 2.26. The molecule has 0 saturated heterocycles. The lowest BCUT2D eigenvalue weighted by atomic mass is 10.1. The Morgan fingerprint density at radius 1 is 1.43 bits per heavy atom. The van der Waals surface area contributed by atoms with Crippen molar-refractivity contribution < 1.29 is 0 Å². The van der Waals surface area contributed by atoms with E-state index in [2.05, 4.69) is 6.58 Å². The molecule has 0 bridgehead atoms. The molecule has 1 rings (SSSR count). The Bertz CT molecular complexity index is 316. The predicted molar refractivity (Wildman–Crippen MR) is 65.2 cm³/mol. The van der Waals surface area contributed by atoms with Gasteiger partial charge in [-0.25, -0.2) is 0 Å². The first-order chi connectivity index (χ1) is 6.79. The molecule has 0 spiro atoms. The maximum absolute atomic E-state index is 6.10. The second-order valence-electron chi connectivity index (χ2n) is 2.90. The molecular weight excluding hydrogens is 190 g/mol. The second-order valence-corrected chi connectivity index (χ2v) is 3.78. The van der Waals surface area contributed by atoms with Crippen LogP contribution in [0.15, 0.2) is 54.0 Å². The fraction of sp³-hybridized carbons (Fsp3) is 0.167. The van der Waals surface area contributed by atoms with Crippen LogP contribution in [0.4, 0.5) is 0 Å². The van der Waals surface area contributed by atoms with E-state index in [1.165, 1.54) is 0 Å². The predicted octanol–water partition coefficient (Wildman–Crippen LogP) is 3.12. The van der Waals surface area contributed by atoms with Gasteiger partial charge in [-0.05, 0) is 11.8 Å². The van der Waals surface area contributed by atoms with Crippen molar-refractivity contribution >= 4 is 11.8 Å². The van der Waals surface area contributed by atoms with E-state index in [4.69, 9.17) is 5.73 Å². The molecule has 0 heterocycles. The number of allylic oxidation sites excluding steroid dienone is 2. The molecule has 0 radical (unpaired) electrons. The van der Waals surface area contributed by atoms with Crippen molar-refractivity contribution in [2.24, 2.45) is 5.73 Å². The Kier molecular flexibility index (Phi) is 4.50. The average molecular weight is 205 g/mol. The smallest absolute Gasteiger partial charge is 0.0611 e. The molecule has 0 fully saturated rings. The van der Waals surface area contributed by atoms with Gasteiger partial charge in [0, 0.05) is 4.91 Å². The molecule has 0 aliphatic heterocycles. The van der Waals surface area contributed by atoms with E-state index in [9.17, 15) is 0 Å². The quantitative estimate of drug-likeness (QED) is 0.764. The molecule has 0 amide bonds. The number of thioether (sulfide) groups is 1. The van der Waals surface area contributed by atoms with E-state index in [1.807, 2.05) is 42.7 Å². The number of nitrogens with two attached hydrogens (primary N) is 1. The third-order valence-corrected chi connectivity index (χ3v) is 2.84. The normalized spacial score (nSPS) is 13.7. The molecule has 0 saturated carbocycles. The first-order valence-electron chi connectivity index (χ1n) is 4.46. The van der Waals surface area contributed by atoms with Crippen molar-refractivity contribution in [1.29, 1.82) is 0 Å². The van der Waals surface area contributed by atoms with Crippen molar-refractivity contribution in [3.8, 4) is 0 Å². The number of benzene rings is 1. The number of rotatable bonds is 4. The molecule has 0 aromatic heterocycles. The van der Waals surface area contributed by atoms with E-state index in [0.29, 0.717) is 0 Å². The van der Waals surface area contributed by atoms with Crippen LogP contribution in [0.2, 0.25) is 0 Å². The standard InChI is InChI=1S/C12H15NS/c1-3-7-11(14-2)12(13)10-8-5-4-6-9-10/h3-9,12H,1,13H2,2H3/b11-7-. The summed E-state index contributed by atoms with van der Waals surface area (Å²) < 4.78 is 0. The van der Waals surface area contributed by atoms with Crippen LogP contribution < -0.4 is 5.73 Å². The van der Waals surface area contributed by atoms with E-state index in [1.54, 1.807) is 17.8 Å². The summed E-state index contributed by atoms with van der Waals surface area (Å²) in [6.07, 6.45) is 5.76. The molecule has 1 aromatic rings. The molecule has 0 aliphatic rings. The summed E-state index contributed by atoms with van der Waals surface area (Å²) in [4.78, 5) is 1.13. The molecule has 74 valence electrons. The van der Waals surface area contributed by atoms with Gasteiger partial charge in [-0.1, -0.05) is 49.1 Å². The maximum Gasteiger partial charge on any atom is 0.0611 e. The minimum Gasteiger partial charge on any atom is -0.320 e. The van der Waals surface area contributed by atoms with Gasteiger partial charge in [-0.3, -0.25) is 0 Å². The first-order valence-corrected chi connectivity index (χ1v) is 5.69. The van der Waals surface area contributed by atoms with Gasteiger partial charge in [-0.15, -0.1) is 11.8 Å². The molecule has 1 atom stereocenters. The third-order valence-electron chi connectivity index (χ3n) is 1.98. The summed E-state index contributed by atoms with van der Waals surface area (Å²) in [5, 5.41) is 0. The molecule has 1 aromatic carbocycles. The molecule has 1 unspecified atom stereocenters. The SMILES string of the molecule is C=C/C=C(\SC)C(N)c1ccccc1. The molecule has 1 nitrogen and oxygen atoms in total. The molecule has 2 heteroatoms. The van der Waals surface area contributed by atoms with E-state index in [0.717, 1.165) is 10.5 Å². The van der Waals surface area contributed by atoms with Crippen molar-refractivity contribution in [1.82, 2.24) is 0 Å². The van der Waals surface area contributed by atoms with Crippen LogP contribution in [0.25, 0.3) is 0 Å². The molecule has 2 N–H and O–H groups in total. The number of hydrogen-bond donors (Lipinski definition) is 1. The zero-order valence-corrected chi connectivity index (χ0v) is 9.13. The Hall–Kier alpha value is -0.990. The maximum atomic E-state index is 6.10. The monoisotopic (exact) mass is 205 g/mol. The lowest BCUT2D eigenvalue weighted by molar-refractivity contribution is 0.897. The highest BCUT2D eigenvalue weighted by Crippen LogP contribution is 2.26. The van der Waals surface area contributed by atoms with Gasteiger partial charge in [0.1, 0.15) is 0 Å². The van der Waals surface area contributed by atoms with E-state index >= 15 is 0 Å². The molecule has 0 aliphatic carbocycles. The fourth-order valence-electron chi connectivity index (χ4n) is 1.24. The molecular formula is C12H15NS. The van der Waals surface area contributed by atoms with Crippen molar-refractivity contribution in [3.05, 3.63) is 59.5 Å². The first kappa shape index (κ1) is 11.1. The summed E-state index contributed by atoms with van der Waals surface area (Å²) >= 11 is 1.66. The Labute approximate surface area is 89.7 Å². The van der Waals surface area contributed by atoms with Gasteiger partial charge in [-0.2, -0.15) is 0 Å². The third kappa shape index (κ3) is 2.76. The van der Waals surface area contributed by atoms with Crippen LogP contribution in [-0.4, -0.2) is 6.26 Å². The minimum absolute atomic E-state index is 0.0378. The van der Waals surface area contributed by atoms with E-state index in [-0.39, 0.29) is 6.04 Å². The number of hydrogen-bond acceptors (Lipinski definition) is 2. The van der Waals surface area contributed by atoms with Crippen molar-refractivity contribution in [2.45, 2.75) is 6.04 Å². The van der Waals surface area contributed by atoms with Gasteiger partial charge in [0.05, 0.1) is 6.04 Å². The summed E-state index contributed by atoms with van der Waals surface area (Å²) in [5.41, 5.74) is 7.23. The van der Waals surface area contributed by atoms with Crippen LogP contribution in [0, 0.1) is 0 Å². The zero-order chi connectivity index (χ0) is 10.4. The zero-order valence-electron chi connectivity index (χ0n) is 8.31. The van der Waals surface area contributed by atoms with Crippen molar-refractivity contribution in [2.75, 3.05) is 6.26 Å². The Balaban J connectivity index is 2.89. The minimum atomic E-state index is -0.0378. The van der Waals surface area contributed by atoms with Crippen LogP contribution in [0.5, 0.6) is 0 Å². The second kappa shape index (κ2) is 5.68. The largest absolute Gasteiger partial charge is 0.320 e. The summed E-state index contributed by atoms with van der Waals surface area (Å²) in [6.45, 7) is 3.68. The fourth-order valence-corrected chi connectivity index (χ4v) is 1.86. The van der Waals surface area contributed by atoms with Crippen molar-refractivity contribution in [3.63, 3.8) is 0 Å². The lowest BCUT2D eigenvalue weighted by Gasteiger charge is -2.13. The van der Waals surface area contributed by atoms with Crippen LogP contribution in [-0.2, 0) is 0 Å². The summed E-state index contributed by atoms with van der Waals surface area (Å²) in [7, 11) is 0. The van der Waals surface area contributed by atoms with Gasteiger partial charge in [0.15, 0.2) is 0 Å². The van der Waals surface area contributed by atoms with E-state index < -0.39 is 0 Å². The van der Waals surface area contributed by atoms with Crippen LogP contribution >= 0.6 is 11.8 Å². The molecule has 14 heavy (non-hydrogen) atoms. The Morgan fingerprint density at radius 3 is 2.57 bits per heavy atom. The Morgan fingerprint density at radius 2 is 2.07 bits per heavy atom. The van der Waals surface area contributed by atoms with Crippen LogP contribution in [0.3, 0.4) is 0 Å². The summed E-state index contributed by atoms with van der Waals surface area (Å²) in [5.74, 6) is 0. The van der Waals surface area contributed by atoms with Gasteiger partial charge >= 0.3 is 0 Å². The van der Waals surface area contributed by atoms with Gasteiger partial charge in [0.25, 0.3) is 0 Å². The summed E-state index contributed by atoms with van der Waals surface area (Å²) in [6, 6.07) is 10.0. The topological polar surface area (TPSA) is 26.0 Å². The highest BCUT2D eigenvalue weighted by atomic mass is 32.2. The highest BCUT2D eigenvalue weighted by Gasteiger charge is 2.09. The lowest BCUT2D eigenvalue weighted by Crippen LogP contribution is -2.11. The van der Waals surface area contributed by atoms with Gasteiger partial charge < -0.3 is 5.73 Å².